The van der Waals surface area contributed by atoms with Gasteiger partial charge in [-0.1, -0.05) is 0 Å². The summed E-state index contributed by atoms with van der Waals surface area (Å²) in [6.45, 7) is 0. The Kier molecular flexibility index (Phi) is 2.95. The van der Waals surface area contributed by atoms with Gasteiger partial charge in [-0.05, 0) is 6.07 Å². The third-order valence-electron chi connectivity index (χ3n) is 1.46. The summed E-state index contributed by atoms with van der Waals surface area (Å²) >= 11 is 0. The maximum absolute atomic E-state index is 10.5. The van der Waals surface area contributed by atoms with Crippen molar-refractivity contribution < 1.29 is 24.5 Å². The summed E-state index contributed by atoms with van der Waals surface area (Å²) in [6.07, 6.45) is 1.53. The monoisotopic (exact) mass is 218 g/mol. The van der Waals surface area contributed by atoms with Crippen molar-refractivity contribution in [2.45, 2.75) is 6.16 Å². The van der Waals surface area contributed by atoms with Gasteiger partial charge in [0.2, 0.25) is 0 Å². The molecule has 0 aliphatic carbocycles. The van der Waals surface area contributed by atoms with Crippen LogP contribution in [-0.4, -0.2) is 20.0 Å². The molecular formula is C6H7N2O5P. The number of rotatable bonds is 3. The van der Waals surface area contributed by atoms with Gasteiger partial charge in [0, 0.05) is 17.9 Å². The predicted octanol–water partition coefficient (Wildman–Crippen LogP) is -0.0731. The molecule has 7 nitrogen and oxygen atoms in total. The Bertz CT molecular complexity index is 401. The van der Waals surface area contributed by atoms with Crippen LogP contribution in [0, 0.1) is 4.91 Å². The highest BCUT2D eigenvalue weighted by Gasteiger charge is 2.20. The van der Waals surface area contributed by atoms with Crippen molar-refractivity contribution >= 4 is 13.3 Å². The van der Waals surface area contributed by atoms with Crippen LogP contribution < -0.4 is 4.89 Å². The number of nitrogens with zero attached hydrogens (tertiary/aromatic N) is 2. The molecule has 0 saturated heterocycles. The van der Waals surface area contributed by atoms with Crippen molar-refractivity contribution in [2.75, 3.05) is 0 Å². The Labute approximate surface area is 78.7 Å². The van der Waals surface area contributed by atoms with Crippen LogP contribution in [0.4, 0.5) is 5.69 Å². The average molecular weight is 218 g/mol. The average Bonchev–Trinajstić information content (AvgIpc) is 2.01. The smallest absolute Gasteiger partial charge is 0.338 e. The van der Waals surface area contributed by atoms with E-state index in [0.717, 1.165) is 6.20 Å². The highest BCUT2D eigenvalue weighted by Crippen LogP contribution is 2.36. The van der Waals surface area contributed by atoms with Crippen molar-refractivity contribution in [1.82, 2.24) is 4.98 Å². The number of hydrogen-bond donors (Lipinski definition) is 2. The van der Waals surface area contributed by atoms with E-state index in [9.17, 15) is 14.4 Å². The lowest BCUT2D eigenvalue weighted by molar-refractivity contribution is -0.730. The van der Waals surface area contributed by atoms with Crippen LogP contribution in [0.2, 0.25) is 0 Å². The van der Waals surface area contributed by atoms with Crippen molar-refractivity contribution in [3.63, 3.8) is 0 Å². The van der Waals surface area contributed by atoms with Crippen molar-refractivity contribution in [1.29, 1.82) is 0 Å². The fourth-order valence-corrected chi connectivity index (χ4v) is 1.63. The summed E-state index contributed by atoms with van der Waals surface area (Å²) in [5.41, 5.74) is -0.323. The quantitative estimate of drug-likeness (QED) is 0.542. The third kappa shape index (κ3) is 2.88. The lowest BCUT2D eigenvalue weighted by Gasteiger charge is -2.14. The Hall–Kier alpha value is -1.30. The van der Waals surface area contributed by atoms with Gasteiger partial charge in [0.15, 0.2) is 0 Å². The molecule has 76 valence electrons. The number of pyridine rings is 1. The standard InChI is InChI=1S/C6H7N2O5P/c9-8(10)6-3-7-2-1-5(6)4-14(11,12)13/h1-3H,4H2,(H2-,9,10,11,12,13). The Morgan fingerprint density at radius 1 is 1.64 bits per heavy atom. The van der Waals surface area contributed by atoms with Gasteiger partial charge in [-0.2, -0.15) is 0 Å². The first-order chi connectivity index (χ1) is 6.40. The van der Waals surface area contributed by atoms with Crippen LogP contribution >= 0.6 is 7.60 Å². The Morgan fingerprint density at radius 2 is 2.29 bits per heavy atom. The van der Waals surface area contributed by atoms with E-state index in [4.69, 9.17) is 10.1 Å². The maximum atomic E-state index is 10.5. The van der Waals surface area contributed by atoms with Crippen LogP contribution in [0.1, 0.15) is 5.56 Å². The molecule has 0 aliphatic heterocycles. The molecule has 1 aromatic rings. The van der Waals surface area contributed by atoms with Gasteiger partial charge in [0.05, 0.1) is 4.91 Å². The van der Waals surface area contributed by atoms with Gasteiger partial charge < -0.3 is 14.4 Å². The van der Waals surface area contributed by atoms with Crippen LogP contribution in [0.25, 0.3) is 0 Å². The normalized spacial score (nSPS) is 14.7. The zero-order valence-electron chi connectivity index (χ0n) is 6.90. The molecule has 0 fully saturated rings. The van der Waals surface area contributed by atoms with Crippen LogP contribution in [0.3, 0.4) is 0 Å². The highest BCUT2D eigenvalue weighted by atomic mass is 31.2. The molecule has 0 aliphatic rings. The first-order valence-electron chi connectivity index (χ1n) is 3.52. The van der Waals surface area contributed by atoms with Crippen molar-refractivity contribution in [3.05, 3.63) is 28.9 Å². The van der Waals surface area contributed by atoms with Gasteiger partial charge in [-0.25, -0.2) is 5.21 Å². The first kappa shape index (κ1) is 10.8. The van der Waals surface area contributed by atoms with E-state index in [1.165, 1.54) is 12.3 Å². The molecular weight excluding hydrogens is 211 g/mol. The largest absolute Gasteiger partial charge is 0.778 e. The Balaban J connectivity index is 3.08. The minimum absolute atomic E-state index is 0.0154. The molecule has 0 bridgehead atoms. The third-order valence-corrected chi connectivity index (χ3v) is 2.20. The van der Waals surface area contributed by atoms with Gasteiger partial charge in [0.25, 0.3) is 4.92 Å². The summed E-state index contributed by atoms with van der Waals surface area (Å²) < 4.78 is 10.5. The zero-order chi connectivity index (χ0) is 10.8. The van der Waals surface area contributed by atoms with E-state index in [1.807, 2.05) is 0 Å². The molecule has 2 N–H and O–H groups in total. The lowest BCUT2D eigenvalue weighted by Crippen LogP contribution is -2.05. The molecule has 0 amide bonds. The molecule has 1 unspecified atom stereocenters. The molecule has 0 spiro atoms. The zero-order valence-corrected chi connectivity index (χ0v) is 7.79. The van der Waals surface area contributed by atoms with E-state index in [2.05, 4.69) is 4.98 Å². The molecule has 0 saturated carbocycles. The number of aromatic nitrogens is 1. The summed E-state index contributed by atoms with van der Waals surface area (Å²) in [5.74, 6) is 0. The summed E-state index contributed by atoms with van der Waals surface area (Å²) in [4.78, 5) is 32.6. The first-order valence-corrected chi connectivity index (χ1v) is 5.28. The topological polar surface area (TPSA) is 114 Å². The molecule has 1 atom stereocenters. The number of hydrogen-bond acceptors (Lipinski definition) is 4. The molecule has 8 heteroatoms. The minimum Gasteiger partial charge on any atom is -0.778 e. The second-order valence-corrected chi connectivity index (χ2v) is 4.16. The SMILES string of the molecule is O=[N+](O)c1cnccc1CP(=O)([O-])O. The maximum Gasteiger partial charge on any atom is 0.338 e. The van der Waals surface area contributed by atoms with Gasteiger partial charge in [-0.3, -0.25) is 4.98 Å². The fraction of sp³-hybridized carbons (Fsp3) is 0.167. The van der Waals surface area contributed by atoms with Gasteiger partial charge in [-0.15, -0.1) is 0 Å². The molecule has 14 heavy (non-hydrogen) atoms. The van der Waals surface area contributed by atoms with Crippen LogP contribution in [-0.2, 0) is 10.7 Å². The van der Waals surface area contributed by atoms with Gasteiger partial charge in [0.1, 0.15) is 13.8 Å². The van der Waals surface area contributed by atoms with Gasteiger partial charge >= 0.3 is 5.69 Å². The van der Waals surface area contributed by atoms with Crippen molar-refractivity contribution in [2.24, 2.45) is 0 Å². The van der Waals surface area contributed by atoms with E-state index in [0.29, 0.717) is 0 Å². The highest BCUT2D eigenvalue weighted by molar-refractivity contribution is 7.49. The second kappa shape index (κ2) is 3.83. The molecule has 1 heterocycles. The summed E-state index contributed by atoms with van der Waals surface area (Å²) in [5, 5.41) is 8.57. The summed E-state index contributed by atoms with van der Waals surface area (Å²) in [6, 6.07) is 1.22. The van der Waals surface area contributed by atoms with E-state index in [1.54, 1.807) is 0 Å². The molecule has 0 radical (unpaired) electrons. The minimum atomic E-state index is -4.51. The van der Waals surface area contributed by atoms with Crippen molar-refractivity contribution in [3.8, 4) is 0 Å². The van der Waals surface area contributed by atoms with E-state index < -0.39 is 18.7 Å². The van der Waals surface area contributed by atoms with E-state index in [-0.39, 0.29) is 11.3 Å². The molecule has 1 rings (SSSR count). The predicted molar refractivity (Wildman–Crippen MR) is 42.8 cm³/mol. The lowest BCUT2D eigenvalue weighted by atomic mass is 10.2. The van der Waals surface area contributed by atoms with Crippen LogP contribution in [0.15, 0.2) is 18.5 Å². The second-order valence-electron chi connectivity index (χ2n) is 2.57. The summed E-state index contributed by atoms with van der Waals surface area (Å²) in [7, 11) is -4.51. The van der Waals surface area contributed by atoms with E-state index >= 15 is 0 Å². The molecule has 0 aromatic carbocycles. The fourth-order valence-electron chi connectivity index (χ4n) is 0.936. The Morgan fingerprint density at radius 3 is 2.79 bits per heavy atom. The molecule has 1 aromatic heterocycles. The van der Waals surface area contributed by atoms with Crippen LogP contribution in [0.5, 0.6) is 0 Å².